The lowest BCUT2D eigenvalue weighted by atomic mass is 10.1. The van der Waals surface area contributed by atoms with Crippen LogP contribution < -0.4 is 5.32 Å². The Morgan fingerprint density at radius 2 is 2.04 bits per heavy atom. The maximum absolute atomic E-state index is 12.4. The second-order valence-corrected chi connectivity index (χ2v) is 5.85. The van der Waals surface area contributed by atoms with Crippen LogP contribution in [0.4, 0.5) is 5.69 Å². The summed E-state index contributed by atoms with van der Waals surface area (Å²) in [7, 11) is 0. The van der Waals surface area contributed by atoms with E-state index in [4.69, 9.17) is 0 Å². The van der Waals surface area contributed by atoms with Crippen molar-refractivity contribution in [3.8, 4) is 0 Å². The van der Waals surface area contributed by atoms with Gasteiger partial charge in [0.1, 0.15) is 0 Å². The zero-order valence-corrected chi connectivity index (χ0v) is 14.2. The fourth-order valence-electron chi connectivity index (χ4n) is 2.61. The number of rotatable bonds is 5. The number of carbonyl (C=O) groups excluding carboxylic acids is 1. The molecule has 0 atom stereocenters. The number of nitrogens with zero attached hydrogens (tertiary/aromatic N) is 4. The number of anilines is 1. The van der Waals surface area contributed by atoms with Crippen LogP contribution >= 0.6 is 0 Å². The highest BCUT2D eigenvalue weighted by Gasteiger charge is 2.14. The number of hydrogen-bond donors (Lipinski definition) is 1. The molecule has 2 heterocycles. The molecule has 0 unspecified atom stereocenters. The summed E-state index contributed by atoms with van der Waals surface area (Å²) in [4.78, 5) is 12.4. The van der Waals surface area contributed by atoms with Crippen molar-refractivity contribution >= 4 is 11.6 Å². The molecule has 3 rings (SSSR count). The summed E-state index contributed by atoms with van der Waals surface area (Å²) >= 11 is 0. The fraction of sp³-hybridized carbons (Fsp3) is 0.278. The van der Waals surface area contributed by atoms with Crippen molar-refractivity contribution in [2.24, 2.45) is 0 Å². The van der Waals surface area contributed by atoms with E-state index in [0.29, 0.717) is 17.8 Å². The maximum Gasteiger partial charge on any atom is 0.259 e. The van der Waals surface area contributed by atoms with Crippen molar-refractivity contribution < 1.29 is 4.79 Å². The van der Waals surface area contributed by atoms with Crippen LogP contribution in [-0.2, 0) is 13.1 Å². The van der Waals surface area contributed by atoms with Crippen molar-refractivity contribution in [2.45, 2.75) is 33.9 Å². The van der Waals surface area contributed by atoms with Crippen LogP contribution in [0.3, 0.4) is 0 Å². The standard InChI is InChI=1S/C18H21N5O/c1-4-22-12-17(14(3)21-22)18(24)20-16-9-19-23(11-16)10-15-7-5-6-13(2)8-15/h5-9,11-12H,4,10H2,1-3H3,(H,20,24). The second kappa shape index (κ2) is 6.70. The first-order chi connectivity index (χ1) is 11.5. The average Bonchev–Trinajstić information content (AvgIpc) is 3.13. The van der Waals surface area contributed by atoms with Gasteiger partial charge in [0.2, 0.25) is 0 Å². The summed E-state index contributed by atoms with van der Waals surface area (Å²) in [6.45, 7) is 7.30. The van der Waals surface area contributed by atoms with E-state index >= 15 is 0 Å². The largest absolute Gasteiger partial charge is 0.319 e. The van der Waals surface area contributed by atoms with Gasteiger partial charge in [-0.05, 0) is 26.3 Å². The average molecular weight is 323 g/mol. The molecule has 0 bridgehead atoms. The number of carbonyl (C=O) groups is 1. The fourth-order valence-corrected chi connectivity index (χ4v) is 2.61. The van der Waals surface area contributed by atoms with Crippen molar-refractivity contribution in [1.29, 1.82) is 0 Å². The van der Waals surface area contributed by atoms with Crippen molar-refractivity contribution in [2.75, 3.05) is 5.32 Å². The van der Waals surface area contributed by atoms with Gasteiger partial charge in [-0.1, -0.05) is 29.8 Å². The molecule has 0 radical (unpaired) electrons. The van der Waals surface area contributed by atoms with E-state index < -0.39 is 0 Å². The van der Waals surface area contributed by atoms with E-state index in [2.05, 4.69) is 40.6 Å². The molecule has 1 aromatic carbocycles. The molecule has 0 aliphatic carbocycles. The molecule has 1 N–H and O–H groups in total. The van der Waals surface area contributed by atoms with Gasteiger partial charge in [-0.3, -0.25) is 14.2 Å². The Hall–Kier alpha value is -2.89. The lowest BCUT2D eigenvalue weighted by Crippen LogP contribution is -2.12. The SMILES string of the molecule is CCn1cc(C(=O)Nc2cnn(Cc3cccc(C)c3)c2)c(C)n1. The van der Waals surface area contributed by atoms with E-state index in [0.717, 1.165) is 12.2 Å². The smallest absolute Gasteiger partial charge is 0.259 e. The number of hydrogen-bond acceptors (Lipinski definition) is 3. The quantitative estimate of drug-likeness (QED) is 0.785. The molecule has 0 saturated heterocycles. The normalized spacial score (nSPS) is 10.8. The minimum Gasteiger partial charge on any atom is -0.319 e. The Bertz CT molecular complexity index is 862. The summed E-state index contributed by atoms with van der Waals surface area (Å²) in [6.07, 6.45) is 5.26. The molecular weight excluding hydrogens is 302 g/mol. The van der Waals surface area contributed by atoms with Gasteiger partial charge < -0.3 is 5.32 Å². The summed E-state index contributed by atoms with van der Waals surface area (Å²) in [5, 5.41) is 11.5. The first-order valence-corrected chi connectivity index (χ1v) is 7.98. The molecule has 0 aliphatic heterocycles. The Labute approximate surface area is 141 Å². The van der Waals surface area contributed by atoms with Gasteiger partial charge in [0.05, 0.1) is 29.7 Å². The van der Waals surface area contributed by atoms with Crippen LogP contribution in [0.25, 0.3) is 0 Å². The third-order valence-electron chi connectivity index (χ3n) is 3.83. The molecule has 0 spiro atoms. The van der Waals surface area contributed by atoms with Crippen LogP contribution in [0.2, 0.25) is 0 Å². The molecule has 0 saturated carbocycles. The van der Waals surface area contributed by atoms with E-state index in [1.54, 1.807) is 17.1 Å². The predicted molar refractivity (Wildman–Crippen MR) is 93.1 cm³/mol. The maximum atomic E-state index is 12.4. The summed E-state index contributed by atoms with van der Waals surface area (Å²) < 4.78 is 3.57. The first-order valence-electron chi connectivity index (χ1n) is 7.98. The Balaban J connectivity index is 1.69. The van der Waals surface area contributed by atoms with Crippen LogP contribution in [0.5, 0.6) is 0 Å². The highest BCUT2D eigenvalue weighted by atomic mass is 16.1. The number of nitrogens with one attached hydrogen (secondary N) is 1. The van der Waals surface area contributed by atoms with E-state index in [-0.39, 0.29) is 5.91 Å². The highest BCUT2D eigenvalue weighted by molar-refractivity contribution is 6.04. The predicted octanol–water partition coefficient (Wildman–Crippen LogP) is 3.02. The molecule has 2 aromatic heterocycles. The molecule has 24 heavy (non-hydrogen) atoms. The Kier molecular flexibility index (Phi) is 4.46. The number of aryl methyl sites for hydroxylation is 3. The van der Waals surface area contributed by atoms with Crippen molar-refractivity contribution in [3.05, 3.63) is 65.2 Å². The zero-order chi connectivity index (χ0) is 17.1. The van der Waals surface area contributed by atoms with Crippen LogP contribution in [0.1, 0.15) is 34.1 Å². The van der Waals surface area contributed by atoms with E-state index in [9.17, 15) is 4.79 Å². The summed E-state index contributed by atoms with van der Waals surface area (Å²) in [5.74, 6) is -0.165. The molecule has 6 heteroatoms. The summed E-state index contributed by atoms with van der Waals surface area (Å²) in [5.41, 5.74) is 4.38. The molecular formula is C18H21N5O. The monoisotopic (exact) mass is 323 g/mol. The first kappa shape index (κ1) is 16.0. The topological polar surface area (TPSA) is 64.7 Å². The van der Waals surface area contributed by atoms with Crippen LogP contribution in [0.15, 0.2) is 42.9 Å². The van der Waals surface area contributed by atoms with Crippen LogP contribution in [-0.4, -0.2) is 25.5 Å². The van der Waals surface area contributed by atoms with E-state index in [1.807, 2.05) is 30.8 Å². The molecule has 124 valence electrons. The molecule has 3 aromatic rings. The van der Waals surface area contributed by atoms with Gasteiger partial charge in [0.15, 0.2) is 0 Å². The van der Waals surface area contributed by atoms with Gasteiger partial charge in [0, 0.05) is 18.9 Å². The molecule has 1 amide bonds. The second-order valence-electron chi connectivity index (χ2n) is 5.85. The third-order valence-corrected chi connectivity index (χ3v) is 3.83. The van der Waals surface area contributed by atoms with Crippen molar-refractivity contribution in [3.63, 3.8) is 0 Å². The van der Waals surface area contributed by atoms with Gasteiger partial charge in [-0.2, -0.15) is 10.2 Å². The van der Waals surface area contributed by atoms with Gasteiger partial charge >= 0.3 is 0 Å². The van der Waals surface area contributed by atoms with Crippen molar-refractivity contribution in [1.82, 2.24) is 19.6 Å². The molecule has 0 aliphatic rings. The minimum absolute atomic E-state index is 0.165. The molecule has 0 fully saturated rings. The van der Waals surface area contributed by atoms with Crippen LogP contribution in [0, 0.1) is 13.8 Å². The minimum atomic E-state index is -0.165. The third kappa shape index (κ3) is 3.53. The lowest BCUT2D eigenvalue weighted by molar-refractivity contribution is 0.102. The lowest BCUT2D eigenvalue weighted by Gasteiger charge is -2.03. The van der Waals surface area contributed by atoms with Gasteiger partial charge in [-0.15, -0.1) is 0 Å². The zero-order valence-electron chi connectivity index (χ0n) is 14.2. The number of benzene rings is 1. The van der Waals surface area contributed by atoms with Gasteiger partial charge in [0.25, 0.3) is 5.91 Å². The highest BCUT2D eigenvalue weighted by Crippen LogP contribution is 2.12. The Morgan fingerprint density at radius 3 is 2.75 bits per heavy atom. The number of amides is 1. The Morgan fingerprint density at radius 1 is 1.21 bits per heavy atom. The van der Waals surface area contributed by atoms with E-state index in [1.165, 1.54) is 11.1 Å². The van der Waals surface area contributed by atoms with Gasteiger partial charge in [-0.25, -0.2) is 0 Å². The summed E-state index contributed by atoms with van der Waals surface area (Å²) in [6, 6.07) is 8.29. The molecule has 6 nitrogen and oxygen atoms in total. The number of aromatic nitrogens is 4.